The summed E-state index contributed by atoms with van der Waals surface area (Å²) in [6, 6.07) is 4.00. The SMILES string of the molecule is Cc1ccc(C(F)(F)C(=O)O)c(Br)c1. The first-order chi connectivity index (χ1) is 6.35. The number of carboxylic acids is 1. The van der Waals surface area contributed by atoms with Gasteiger partial charge < -0.3 is 5.11 Å². The molecule has 2 nitrogen and oxygen atoms in total. The van der Waals surface area contributed by atoms with Crippen molar-refractivity contribution in [2.24, 2.45) is 0 Å². The van der Waals surface area contributed by atoms with E-state index in [9.17, 15) is 13.6 Å². The van der Waals surface area contributed by atoms with E-state index < -0.39 is 17.5 Å². The average Bonchev–Trinajstić information content (AvgIpc) is 2.02. The normalized spacial score (nSPS) is 11.4. The van der Waals surface area contributed by atoms with Crippen LogP contribution in [0.4, 0.5) is 8.78 Å². The molecule has 0 unspecified atom stereocenters. The first-order valence-electron chi connectivity index (χ1n) is 3.73. The minimum Gasteiger partial charge on any atom is -0.477 e. The summed E-state index contributed by atoms with van der Waals surface area (Å²) in [4.78, 5) is 10.3. The minimum atomic E-state index is -3.85. The lowest BCUT2D eigenvalue weighted by atomic mass is 10.1. The topological polar surface area (TPSA) is 37.3 Å². The van der Waals surface area contributed by atoms with Crippen molar-refractivity contribution in [3.63, 3.8) is 0 Å². The molecule has 0 radical (unpaired) electrons. The number of hydrogen-bond acceptors (Lipinski definition) is 1. The maximum Gasteiger partial charge on any atom is 0.379 e. The van der Waals surface area contributed by atoms with Gasteiger partial charge in [-0.2, -0.15) is 8.78 Å². The fourth-order valence-electron chi connectivity index (χ4n) is 0.990. The zero-order valence-corrected chi connectivity index (χ0v) is 8.81. The van der Waals surface area contributed by atoms with E-state index in [0.717, 1.165) is 11.6 Å². The van der Waals surface area contributed by atoms with Gasteiger partial charge in [-0.05, 0) is 18.6 Å². The molecule has 0 aliphatic carbocycles. The van der Waals surface area contributed by atoms with Gasteiger partial charge in [-0.15, -0.1) is 0 Å². The standard InChI is InChI=1S/C9H7BrF2O2/c1-5-2-3-6(7(10)4-5)9(11,12)8(13)14/h2-4H,1H3,(H,13,14). The summed E-state index contributed by atoms with van der Waals surface area (Å²) < 4.78 is 26.2. The smallest absolute Gasteiger partial charge is 0.379 e. The Kier molecular flexibility index (Phi) is 2.89. The third-order valence-corrected chi connectivity index (χ3v) is 2.39. The number of halogens is 3. The first kappa shape index (κ1) is 11.1. The van der Waals surface area contributed by atoms with Gasteiger partial charge in [-0.1, -0.05) is 28.1 Å². The van der Waals surface area contributed by atoms with Crippen LogP contribution in [0.5, 0.6) is 0 Å². The van der Waals surface area contributed by atoms with Crippen molar-refractivity contribution in [2.45, 2.75) is 12.8 Å². The van der Waals surface area contributed by atoms with Gasteiger partial charge in [0.1, 0.15) is 0 Å². The molecule has 0 fully saturated rings. The van der Waals surface area contributed by atoms with Crippen LogP contribution in [0.1, 0.15) is 11.1 Å². The maximum atomic E-state index is 13.0. The fraction of sp³-hybridized carbons (Fsp3) is 0.222. The molecule has 1 N–H and O–H groups in total. The lowest BCUT2D eigenvalue weighted by Gasteiger charge is -2.13. The molecule has 5 heteroatoms. The van der Waals surface area contributed by atoms with Gasteiger partial charge in [-0.25, -0.2) is 4.79 Å². The van der Waals surface area contributed by atoms with Crippen LogP contribution in [0.3, 0.4) is 0 Å². The molecular formula is C9H7BrF2O2. The Morgan fingerprint density at radius 1 is 1.50 bits per heavy atom. The molecule has 0 amide bonds. The van der Waals surface area contributed by atoms with E-state index >= 15 is 0 Å². The molecule has 0 bridgehead atoms. The number of aryl methyl sites for hydroxylation is 1. The summed E-state index contributed by atoms with van der Waals surface area (Å²) in [7, 11) is 0. The van der Waals surface area contributed by atoms with E-state index in [0.29, 0.717) is 0 Å². The van der Waals surface area contributed by atoms with Crippen LogP contribution in [0.15, 0.2) is 22.7 Å². The van der Waals surface area contributed by atoms with Gasteiger partial charge >= 0.3 is 11.9 Å². The van der Waals surface area contributed by atoms with Crippen LogP contribution in [0.2, 0.25) is 0 Å². The van der Waals surface area contributed by atoms with Gasteiger partial charge in [0.25, 0.3) is 0 Å². The molecule has 0 atom stereocenters. The highest BCUT2D eigenvalue weighted by molar-refractivity contribution is 9.10. The Bertz CT molecular complexity index is 377. The van der Waals surface area contributed by atoms with E-state index in [1.54, 1.807) is 6.92 Å². The second-order valence-electron chi connectivity index (χ2n) is 2.86. The number of aliphatic carboxylic acids is 1. The number of hydrogen-bond donors (Lipinski definition) is 1. The monoisotopic (exact) mass is 264 g/mol. The molecule has 0 saturated carbocycles. The van der Waals surface area contributed by atoms with Crippen LogP contribution in [-0.4, -0.2) is 11.1 Å². The zero-order chi connectivity index (χ0) is 10.9. The van der Waals surface area contributed by atoms with Crippen LogP contribution < -0.4 is 0 Å². The molecule has 76 valence electrons. The van der Waals surface area contributed by atoms with E-state index in [-0.39, 0.29) is 4.47 Å². The summed E-state index contributed by atoms with van der Waals surface area (Å²) in [5.74, 6) is -6.01. The van der Waals surface area contributed by atoms with Crippen molar-refractivity contribution in [1.29, 1.82) is 0 Å². The molecule has 0 heterocycles. The van der Waals surface area contributed by atoms with Crippen LogP contribution in [0.25, 0.3) is 0 Å². The van der Waals surface area contributed by atoms with Gasteiger partial charge in [0.15, 0.2) is 0 Å². The van der Waals surface area contributed by atoms with Crippen molar-refractivity contribution in [2.75, 3.05) is 0 Å². The van der Waals surface area contributed by atoms with Crippen molar-refractivity contribution >= 4 is 21.9 Å². The van der Waals surface area contributed by atoms with Crippen molar-refractivity contribution in [3.05, 3.63) is 33.8 Å². The van der Waals surface area contributed by atoms with Crippen molar-refractivity contribution < 1.29 is 18.7 Å². The first-order valence-corrected chi connectivity index (χ1v) is 4.53. The Balaban J connectivity index is 3.26. The van der Waals surface area contributed by atoms with E-state index in [4.69, 9.17) is 5.11 Å². The van der Waals surface area contributed by atoms with E-state index in [1.165, 1.54) is 12.1 Å². The van der Waals surface area contributed by atoms with Gasteiger partial charge in [0, 0.05) is 10.0 Å². The molecule has 1 aromatic rings. The Morgan fingerprint density at radius 3 is 2.50 bits per heavy atom. The third-order valence-electron chi connectivity index (χ3n) is 1.73. The molecule has 1 rings (SSSR count). The molecule has 0 aliphatic rings. The second-order valence-corrected chi connectivity index (χ2v) is 3.72. The summed E-state index contributed by atoms with van der Waals surface area (Å²) in [6.07, 6.45) is 0. The summed E-state index contributed by atoms with van der Waals surface area (Å²) in [5.41, 5.74) is 0.248. The highest BCUT2D eigenvalue weighted by Crippen LogP contribution is 2.34. The summed E-state index contributed by atoms with van der Waals surface area (Å²) in [6.45, 7) is 1.73. The summed E-state index contributed by atoms with van der Waals surface area (Å²) >= 11 is 2.91. The molecular weight excluding hydrogens is 258 g/mol. The minimum absolute atomic E-state index is 0.102. The number of carboxylic acid groups (broad SMARTS) is 1. The largest absolute Gasteiger partial charge is 0.477 e. The van der Waals surface area contributed by atoms with Crippen molar-refractivity contribution in [1.82, 2.24) is 0 Å². The molecule has 1 aromatic carbocycles. The second kappa shape index (κ2) is 3.65. The lowest BCUT2D eigenvalue weighted by molar-refractivity contribution is -0.166. The molecule has 0 aliphatic heterocycles. The molecule has 14 heavy (non-hydrogen) atoms. The van der Waals surface area contributed by atoms with Crippen LogP contribution in [-0.2, 0) is 10.7 Å². The van der Waals surface area contributed by atoms with Crippen LogP contribution >= 0.6 is 15.9 Å². The van der Waals surface area contributed by atoms with E-state index in [2.05, 4.69) is 15.9 Å². The maximum absolute atomic E-state index is 13.0. The number of benzene rings is 1. The Hall–Kier alpha value is -0.970. The number of carbonyl (C=O) groups is 1. The predicted molar refractivity (Wildman–Crippen MR) is 50.4 cm³/mol. The Labute approximate surface area is 87.7 Å². The highest BCUT2D eigenvalue weighted by Gasteiger charge is 2.42. The summed E-state index contributed by atoms with van der Waals surface area (Å²) in [5, 5.41) is 8.32. The third kappa shape index (κ3) is 1.92. The quantitative estimate of drug-likeness (QED) is 0.892. The molecule has 0 saturated heterocycles. The molecule has 0 aromatic heterocycles. The number of alkyl halides is 2. The van der Waals surface area contributed by atoms with Crippen LogP contribution in [0, 0.1) is 6.92 Å². The van der Waals surface area contributed by atoms with E-state index in [1.807, 2.05) is 0 Å². The van der Waals surface area contributed by atoms with Gasteiger partial charge in [-0.3, -0.25) is 0 Å². The number of rotatable bonds is 2. The van der Waals surface area contributed by atoms with Gasteiger partial charge in [0.05, 0.1) is 0 Å². The lowest BCUT2D eigenvalue weighted by Crippen LogP contribution is -2.25. The molecule has 0 spiro atoms. The highest BCUT2D eigenvalue weighted by atomic mass is 79.9. The average molecular weight is 265 g/mol. The fourth-order valence-corrected chi connectivity index (χ4v) is 1.73. The van der Waals surface area contributed by atoms with Crippen molar-refractivity contribution in [3.8, 4) is 0 Å². The zero-order valence-electron chi connectivity index (χ0n) is 7.22. The Morgan fingerprint density at radius 2 is 2.07 bits per heavy atom. The predicted octanol–water partition coefficient (Wildman–Crippen LogP) is 2.93. The van der Waals surface area contributed by atoms with Gasteiger partial charge in [0.2, 0.25) is 0 Å².